The van der Waals surface area contributed by atoms with E-state index in [2.05, 4.69) is 82.7 Å². The third kappa shape index (κ3) is 4.42. The summed E-state index contributed by atoms with van der Waals surface area (Å²) in [5, 5.41) is 3.05. The lowest BCUT2D eigenvalue weighted by Gasteiger charge is -2.40. The number of piperazine rings is 1. The molecule has 1 N–H and O–H groups in total. The van der Waals surface area contributed by atoms with Crippen molar-refractivity contribution in [2.24, 2.45) is 5.92 Å². The van der Waals surface area contributed by atoms with Crippen LogP contribution in [0.15, 0.2) is 60.7 Å². The van der Waals surface area contributed by atoms with Crippen LogP contribution in [0.25, 0.3) is 0 Å². The van der Waals surface area contributed by atoms with Crippen LogP contribution in [-0.4, -0.2) is 65.0 Å². The number of benzene rings is 2. The smallest absolute Gasteiger partial charge is 0.323 e. The molecule has 3 aliphatic rings. The van der Waals surface area contributed by atoms with Gasteiger partial charge in [-0.25, -0.2) is 9.69 Å². The molecule has 1 aliphatic carbocycles. The molecule has 1 saturated carbocycles. The highest BCUT2D eigenvalue weighted by molar-refractivity contribution is 6.07. The Kier molecular flexibility index (Phi) is 6.21. The summed E-state index contributed by atoms with van der Waals surface area (Å²) < 4.78 is 0. The van der Waals surface area contributed by atoms with Crippen LogP contribution >= 0.6 is 0 Å². The third-order valence-corrected chi connectivity index (χ3v) is 7.72. The number of nitrogens with one attached hydrogen (secondary N) is 1. The Balaban J connectivity index is 1.24. The predicted molar refractivity (Wildman–Crippen MR) is 128 cm³/mol. The summed E-state index contributed by atoms with van der Waals surface area (Å²) in [6, 6.07) is 21.3. The van der Waals surface area contributed by atoms with Crippen molar-refractivity contribution in [3.05, 3.63) is 71.8 Å². The summed E-state index contributed by atoms with van der Waals surface area (Å²) in [6.45, 7) is 6.05. The maximum Gasteiger partial charge on any atom is 0.326 e. The number of carbonyl (C=O) groups excluding carboxylic acids is 2. The first-order valence-electron chi connectivity index (χ1n) is 12.3. The van der Waals surface area contributed by atoms with Gasteiger partial charge in [-0.2, -0.15) is 0 Å². The van der Waals surface area contributed by atoms with Crippen LogP contribution < -0.4 is 5.32 Å². The third-order valence-electron chi connectivity index (χ3n) is 7.72. The maximum absolute atomic E-state index is 13.2. The van der Waals surface area contributed by atoms with E-state index in [-0.39, 0.29) is 18.0 Å². The zero-order chi connectivity index (χ0) is 22.8. The van der Waals surface area contributed by atoms with Gasteiger partial charge < -0.3 is 5.32 Å². The van der Waals surface area contributed by atoms with Crippen LogP contribution in [0.1, 0.15) is 49.8 Å². The lowest BCUT2D eigenvalue weighted by atomic mass is 9.77. The second kappa shape index (κ2) is 9.27. The molecular weight excluding hydrogens is 412 g/mol. The van der Waals surface area contributed by atoms with Gasteiger partial charge in [-0.05, 0) is 42.7 Å². The molecule has 2 aromatic carbocycles. The van der Waals surface area contributed by atoms with Crippen LogP contribution in [0.4, 0.5) is 4.79 Å². The minimum absolute atomic E-state index is 0.0201. The van der Waals surface area contributed by atoms with E-state index in [1.807, 2.05) is 0 Å². The standard InChI is InChI=1S/C27H34N4O2/c1-21-12-14-27(15-13-21)25(32)31(26(33)28-27)20-29-16-18-30(19-17-29)24(22-8-4-2-5-9-22)23-10-6-3-7-11-23/h2-11,21,24H,12-20H2,1H3,(H,28,33). The summed E-state index contributed by atoms with van der Waals surface area (Å²) in [5.74, 6) is 0.609. The van der Waals surface area contributed by atoms with Crippen molar-refractivity contribution in [2.45, 2.75) is 44.2 Å². The maximum atomic E-state index is 13.2. The number of hydrogen-bond acceptors (Lipinski definition) is 4. The van der Waals surface area contributed by atoms with Gasteiger partial charge >= 0.3 is 6.03 Å². The van der Waals surface area contributed by atoms with Gasteiger partial charge in [-0.15, -0.1) is 0 Å². The van der Waals surface area contributed by atoms with Crippen molar-refractivity contribution in [3.63, 3.8) is 0 Å². The minimum atomic E-state index is -0.656. The van der Waals surface area contributed by atoms with E-state index in [1.54, 1.807) is 0 Å². The quantitative estimate of drug-likeness (QED) is 0.709. The van der Waals surface area contributed by atoms with Crippen LogP contribution in [-0.2, 0) is 4.79 Å². The first-order chi connectivity index (χ1) is 16.1. The molecule has 0 aromatic heterocycles. The van der Waals surface area contributed by atoms with Crippen molar-refractivity contribution in [2.75, 3.05) is 32.8 Å². The molecular formula is C27H34N4O2. The number of amides is 3. The Labute approximate surface area is 196 Å². The van der Waals surface area contributed by atoms with Crippen LogP contribution in [0.3, 0.4) is 0 Å². The number of urea groups is 1. The van der Waals surface area contributed by atoms with Crippen molar-refractivity contribution in [1.82, 2.24) is 20.0 Å². The molecule has 0 atom stereocenters. The second-order valence-corrected chi connectivity index (χ2v) is 9.95. The Morgan fingerprint density at radius 2 is 1.42 bits per heavy atom. The fourth-order valence-corrected chi connectivity index (χ4v) is 5.65. The molecule has 3 fully saturated rings. The first kappa shape index (κ1) is 22.1. The predicted octanol–water partition coefficient (Wildman–Crippen LogP) is 3.85. The molecule has 2 aliphatic heterocycles. The second-order valence-electron chi connectivity index (χ2n) is 9.95. The van der Waals surface area contributed by atoms with E-state index in [1.165, 1.54) is 16.0 Å². The van der Waals surface area contributed by atoms with Crippen LogP contribution in [0.5, 0.6) is 0 Å². The molecule has 1 spiro atoms. The Hall–Kier alpha value is -2.70. The van der Waals surface area contributed by atoms with Crippen LogP contribution in [0.2, 0.25) is 0 Å². The summed E-state index contributed by atoms with van der Waals surface area (Å²) in [7, 11) is 0. The number of hydrogen-bond donors (Lipinski definition) is 1. The van der Waals surface area contributed by atoms with E-state index in [9.17, 15) is 9.59 Å². The lowest BCUT2D eigenvalue weighted by molar-refractivity contribution is -0.134. The average Bonchev–Trinajstić information content (AvgIpc) is 3.08. The topological polar surface area (TPSA) is 55.9 Å². The van der Waals surface area contributed by atoms with E-state index in [0.717, 1.165) is 51.9 Å². The SMILES string of the molecule is CC1CCC2(CC1)NC(=O)N(CN1CCN(C(c3ccccc3)c3ccccc3)CC1)C2=O. The summed E-state index contributed by atoms with van der Waals surface area (Å²) in [6.07, 6.45) is 3.52. The molecule has 6 heteroatoms. The van der Waals surface area contributed by atoms with Crippen molar-refractivity contribution in [1.29, 1.82) is 0 Å². The highest BCUT2D eigenvalue weighted by Gasteiger charge is 2.52. The molecule has 0 radical (unpaired) electrons. The lowest BCUT2D eigenvalue weighted by Crippen LogP contribution is -2.53. The number of imide groups is 1. The Morgan fingerprint density at radius 3 is 1.97 bits per heavy atom. The fraction of sp³-hybridized carbons (Fsp3) is 0.481. The summed E-state index contributed by atoms with van der Waals surface area (Å²) in [5.41, 5.74) is 1.93. The number of nitrogens with zero attached hydrogens (tertiary/aromatic N) is 3. The highest BCUT2D eigenvalue weighted by atomic mass is 16.2. The zero-order valence-corrected chi connectivity index (χ0v) is 19.5. The van der Waals surface area contributed by atoms with Gasteiger partial charge in [-0.1, -0.05) is 67.6 Å². The van der Waals surface area contributed by atoms with Gasteiger partial charge in [0.05, 0.1) is 12.7 Å². The van der Waals surface area contributed by atoms with E-state index in [0.29, 0.717) is 12.6 Å². The number of carbonyl (C=O) groups is 2. The van der Waals surface area contributed by atoms with Crippen molar-refractivity contribution < 1.29 is 9.59 Å². The summed E-state index contributed by atoms with van der Waals surface area (Å²) in [4.78, 5) is 32.1. The molecule has 33 heavy (non-hydrogen) atoms. The normalized spacial score (nSPS) is 26.8. The first-order valence-corrected chi connectivity index (χ1v) is 12.3. The van der Waals surface area contributed by atoms with Gasteiger partial charge in [0, 0.05) is 26.2 Å². The van der Waals surface area contributed by atoms with Gasteiger partial charge in [0.1, 0.15) is 5.54 Å². The molecule has 2 heterocycles. The molecule has 3 amide bonds. The van der Waals surface area contributed by atoms with Gasteiger partial charge in [0.15, 0.2) is 0 Å². The van der Waals surface area contributed by atoms with E-state index in [4.69, 9.17) is 0 Å². The van der Waals surface area contributed by atoms with Gasteiger partial charge in [-0.3, -0.25) is 14.6 Å². The largest absolute Gasteiger partial charge is 0.326 e. The zero-order valence-electron chi connectivity index (χ0n) is 19.5. The summed E-state index contributed by atoms with van der Waals surface area (Å²) >= 11 is 0. The average molecular weight is 447 g/mol. The molecule has 0 unspecified atom stereocenters. The molecule has 174 valence electrons. The van der Waals surface area contributed by atoms with Gasteiger partial charge in [0.2, 0.25) is 0 Å². The molecule has 2 aromatic rings. The highest BCUT2D eigenvalue weighted by Crippen LogP contribution is 2.36. The van der Waals surface area contributed by atoms with Crippen molar-refractivity contribution in [3.8, 4) is 0 Å². The molecule has 2 saturated heterocycles. The number of rotatable bonds is 5. The fourth-order valence-electron chi connectivity index (χ4n) is 5.65. The van der Waals surface area contributed by atoms with E-state index < -0.39 is 5.54 Å². The monoisotopic (exact) mass is 446 g/mol. The minimum Gasteiger partial charge on any atom is -0.323 e. The molecule has 0 bridgehead atoms. The Morgan fingerprint density at radius 1 is 0.879 bits per heavy atom. The van der Waals surface area contributed by atoms with Crippen molar-refractivity contribution >= 4 is 11.9 Å². The van der Waals surface area contributed by atoms with E-state index >= 15 is 0 Å². The van der Waals surface area contributed by atoms with Crippen LogP contribution in [0, 0.1) is 5.92 Å². The Bertz CT molecular complexity index is 925. The molecule has 5 rings (SSSR count). The van der Waals surface area contributed by atoms with Gasteiger partial charge in [0.25, 0.3) is 5.91 Å². The molecule has 6 nitrogen and oxygen atoms in total.